The molecule has 0 amide bonds. The van der Waals surface area contributed by atoms with E-state index in [1.165, 1.54) is 12.1 Å². The van der Waals surface area contributed by atoms with Crippen LogP contribution in [0.3, 0.4) is 0 Å². The van der Waals surface area contributed by atoms with Crippen molar-refractivity contribution >= 4 is 0 Å². The van der Waals surface area contributed by atoms with Crippen LogP contribution in [0.4, 0.5) is 22.0 Å². The van der Waals surface area contributed by atoms with Gasteiger partial charge in [-0.2, -0.15) is 13.2 Å². The first kappa shape index (κ1) is 19.0. The van der Waals surface area contributed by atoms with E-state index in [4.69, 9.17) is 0 Å². The van der Waals surface area contributed by atoms with Crippen LogP contribution in [0.2, 0.25) is 0 Å². The molecule has 0 nitrogen and oxygen atoms in total. The highest BCUT2D eigenvalue weighted by atomic mass is 19.4. The molecule has 2 rings (SSSR count). The van der Waals surface area contributed by atoms with Gasteiger partial charge in [-0.05, 0) is 41.7 Å². The Labute approximate surface area is 143 Å². The van der Waals surface area contributed by atoms with E-state index >= 15 is 0 Å². The van der Waals surface area contributed by atoms with Crippen molar-refractivity contribution in [3.8, 4) is 23.0 Å². The summed E-state index contributed by atoms with van der Waals surface area (Å²) >= 11 is 0. The van der Waals surface area contributed by atoms with Gasteiger partial charge in [0, 0.05) is 11.5 Å². The van der Waals surface area contributed by atoms with Gasteiger partial charge in [0.05, 0.1) is 5.56 Å². The molecule has 1 atom stereocenters. The van der Waals surface area contributed by atoms with Crippen molar-refractivity contribution in [2.45, 2.75) is 38.8 Å². The second-order valence-electron chi connectivity index (χ2n) is 5.87. The quantitative estimate of drug-likeness (QED) is 0.438. The molecule has 0 aliphatic rings. The first-order valence-electron chi connectivity index (χ1n) is 7.90. The molecule has 0 saturated carbocycles. The molecule has 1 unspecified atom stereocenters. The van der Waals surface area contributed by atoms with Gasteiger partial charge in [-0.25, -0.2) is 8.78 Å². The van der Waals surface area contributed by atoms with Crippen LogP contribution < -0.4 is 0 Å². The molecule has 132 valence electrons. The molecular weight excluding hydrogens is 335 g/mol. The zero-order valence-electron chi connectivity index (χ0n) is 13.8. The number of benzene rings is 2. The third-order valence-electron chi connectivity index (χ3n) is 3.90. The maximum atomic E-state index is 14.4. The molecule has 2 aromatic carbocycles. The summed E-state index contributed by atoms with van der Waals surface area (Å²) in [6, 6.07) is 8.24. The summed E-state index contributed by atoms with van der Waals surface area (Å²) in [5.41, 5.74) is 0.926. The molecule has 0 aliphatic carbocycles. The van der Waals surface area contributed by atoms with E-state index in [0.717, 1.165) is 36.5 Å². The Morgan fingerprint density at radius 1 is 1.00 bits per heavy atom. The van der Waals surface area contributed by atoms with E-state index in [9.17, 15) is 22.0 Å². The largest absolute Gasteiger partial charge is 0.458 e. The summed E-state index contributed by atoms with van der Waals surface area (Å²) in [6.45, 7) is 4.05. The Bertz CT molecular complexity index is 809. The molecule has 0 spiro atoms. The molecule has 0 fully saturated rings. The van der Waals surface area contributed by atoms with Crippen molar-refractivity contribution in [2.24, 2.45) is 0 Å². The third-order valence-corrected chi connectivity index (χ3v) is 3.90. The molecule has 0 N–H and O–H groups in total. The van der Waals surface area contributed by atoms with Gasteiger partial charge in [-0.3, -0.25) is 0 Å². The second kappa shape index (κ2) is 7.69. The van der Waals surface area contributed by atoms with Gasteiger partial charge in [0.15, 0.2) is 0 Å². The van der Waals surface area contributed by atoms with Crippen molar-refractivity contribution in [2.75, 3.05) is 0 Å². The summed E-state index contributed by atoms with van der Waals surface area (Å²) in [5.74, 6) is 1.56. The van der Waals surface area contributed by atoms with Gasteiger partial charge < -0.3 is 0 Å². The zero-order chi connectivity index (χ0) is 18.6. The van der Waals surface area contributed by atoms with Crippen LogP contribution in [0.15, 0.2) is 36.4 Å². The molecule has 25 heavy (non-hydrogen) atoms. The molecule has 0 saturated heterocycles. The van der Waals surface area contributed by atoms with Gasteiger partial charge in [0.2, 0.25) is 0 Å². The predicted molar refractivity (Wildman–Crippen MR) is 88.1 cm³/mol. The molecule has 0 aliphatic heterocycles. The average Bonchev–Trinajstić information content (AvgIpc) is 2.53. The minimum atomic E-state index is -4.69. The van der Waals surface area contributed by atoms with Gasteiger partial charge >= 0.3 is 6.18 Å². The SMILES string of the molecule is CCCC(C)c1ccc(-c2ccc(C#CC(F)(F)F)c(F)c2)c(F)c1. The fourth-order valence-electron chi connectivity index (χ4n) is 2.59. The first-order valence-corrected chi connectivity index (χ1v) is 7.90. The highest BCUT2D eigenvalue weighted by molar-refractivity contribution is 5.66. The summed E-state index contributed by atoms with van der Waals surface area (Å²) in [5, 5.41) is 0. The second-order valence-corrected chi connectivity index (χ2v) is 5.87. The molecule has 2 aromatic rings. The maximum absolute atomic E-state index is 14.4. The lowest BCUT2D eigenvalue weighted by Crippen LogP contribution is -2.02. The Hall–Kier alpha value is -2.35. The highest BCUT2D eigenvalue weighted by Gasteiger charge is 2.23. The number of rotatable bonds is 4. The molecule has 0 aromatic heterocycles. The first-order chi connectivity index (χ1) is 11.7. The van der Waals surface area contributed by atoms with Crippen molar-refractivity contribution < 1.29 is 22.0 Å². The van der Waals surface area contributed by atoms with Crippen molar-refractivity contribution in [1.29, 1.82) is 0 Å². The van der Waals surface area contributed by atoms with Crippen LogP contribution in [0.25, 0.3) is 11.1 Å². The smallest absolute Gasteiger partial charge is 0.206 e. The van der Waals surface area contributed by atoms with Crippen LogP contribution in [0.1, 0.15) is 43.7 Å². The minimum Gasteiger partial charge on any atom is -0.206 e. The van der Waals surface area contributed by atoms with Crippen molar-refractivity contribution in [3.63, 3.8) is 0 Å². The number of alkyl halides is 3. The van der Waals surface area contributed by atoms with Crippen LogP contribution in [0, 0.1) is 23.5 Å². The van der Waals surface area contributed by atoms with E-state index in [-0.39, 0.29) is 22.6 Å². The summed E-state index contributed by atoms with van der Waals surface area (Å²) < 4.78 is 64.6. The van der Waals surface area contributed by atoms with Gasteiger partial charge in [0.25, 0.3) is 0 Å². The zero-order valence-corrected chi connectivity index (χ0v) is 13.8. The Balaban J connectivity index is 2.33. The number of hydrogen-bond acceptors (Lipinski definition) is 0. The predicted octanol–water partition coefficient (Wildman–Crippen LogP) is 6.45. The lowest BCUT2D eigenvalue weighted by Gasteiger charge is -2.12. The van der Waals surface area contributed by atoms with Crippen molar-refractivity contribution in [1.82, 2.24) is 0 Å². The normalized spacial score (nSPS) is 12.4. The Morgan fingerprint density at radius 3 is 2.28 bits per heavy atom. The van der Waals surface area contributed by atoms with E-state index in [1.54, 1.807) is 18.1 Å². The number of hydrogen-bond donors (Lipinski definition) is 0. The van der Waals surface area contributed by atoms with Crippen molar-refractivity contribution in [3.05, 3.63) is 59.2 Å². The third kappa shape index (κ3) is 5.06. The van der Waals surface area contributed by atoms with Gasteiger partial charge in [0.1, 0.15) is 11.6 Å². The standard InChI is InChI=1S/C20H17F5/c1-3-4-13(2)15-7-8-17(19(22)11-15)16-6-5-14(18(21)12-16)9-10-20(23,24)25/h5-8,11-13H,3-4H2,1-2H3. The monoisotopic (exact) mass is 352 g/mol. The van der Waals surface area contributed by atoms with E-state index in [0.29, 0.717) is 0 Å². The minimum absolute atomic E-state index is 0.196. The van der Waals surface area contributed by atoms with Crippen LogP contribution in [-0.2, 0) is 0 Å². The van der Waals surface area contributed by atoms with Crippen LogP contribution in [0.5, 0.6) is 0 Å². The Morgan fingerprint density at radius 2 is 1.72 bits per heavy atom. The van der Waals surface area contributed by atoms with Gasteiger partial charge in [-0.15, -0.1) is 0 Å². The molecule has 0 bridgehead atoms. The summed E-state index contributed by atoms with van der Waals surface area (Å²) in [4.78, 5) is 0. The number of halogens is 5. The Kier molecular flexibility index (Phi) is 5.84. The van der Waals surface area contributed by atoms with E-state index < -0.39 is 17.8 Å². The topological polar surface area (TPSA) is 0 Å². The lowest BCUT2D eigenvalue weighted by atomic mass is 9.94. The van der Waals surface area contributed by atoms with Crippen LogP contribution in [-0.4, -0.2) is 6.18 Å². The fraction of sp³-hybridized carbons (Fsp3) is 0.300. The fourth-order valence-corrected chi connectivity index (χ4v) is 2.59. The molecule has 5 heteroatoms. The summed E-state index contributed by atoms with van der Waals surface area (Å²) in [7, 11) is 0. The lowest BCUT2D eigenvalue weighted by molar-refractivity contribution is -0.0696. The van der Waals surface area contributed by atoms with E-state index in [2.05, 4.69) is 0 Å². The summed E-state index contributed by atoms with van der Waals surface area (Å²) in [6.07, 6.45) is -2.78. The molecule has 0 radical (unpaired) electrons. The average molecular weight is 352 g/mol. The van der Waals surface area contributed by atoms with E-state index in [1.807, 2.05) is 13.8 Å². The molecule has 0 heterocycles. The molecular formula is C20H17F5. The maximum Gasteiger partial charge on any atom is 0.458 e. The van der Waals surface area contributed by atoms with Gasteiger partial charge in [-0.1, -0.05) is 44.4 Å². The highest BCUT2D eigenvalue weighted by Crippen LogP contribution is 2.29. The van der Waals surface area contributed by atoms with Crippen LogP contribution >= 0.6 is 0 Å².